The van der Waals surface area contributed by atoms with E-state index in [1.165, 1.54) is 12.2 Å². The van der Waals surface area contributed by atoms with Crippen LogP contribution in [0.1, 0.15) is 30.5 Å². The van der Waals surface area contributed by atoms with Crippen LogP contribution in [-0.2, 0) is 31.0 Å². The van der Waals surface area contributed by atoms with Gasteiger partial charge in [0.25, 0.3) is 10.1 Å². The highest BCUT2D eigenvalue weighted by Gasteiger charge is 2.32. The minimum atomic E-state index is -4.18. The number of ketones is 2. The molecule has 1 aromatic heterocycles. The van der Waals surface area contributed by atoms with E-state index in [1.807, 2.05) is 59.2 Å². The molecule has 11 heteroatoms. The molecule has 44 heavy (non-hydrogen) atoms. The molecule has 0 saturated carbocycles. The predicted octanol–water partition coefficient (Wildman–Crippen LogP) is 2.50. The van der Waals surface area contributed by atoms with Crippen LogP contribution in [0.15, 0.2) is 95.4 Å². The van der Waals surface area contributed by atoms with Gasteiger partial charge >= 0.3 is 0 Å². The Kier molecular flexibility index (Phi) is 8.88. The van der Waals surface area contributed by atoms with E-state index in [0.29, 0.717) is 30.8 Å². The monoisotopic (exact) mass is 613 g/mol. The van der Waals surface area contributed by atoms with E-state index in [1.54, 1.807) is 30.2 Å². The lowest BCUT2D eigenvalue weighted by Gasteiger charge is -2.30. The van der Waals surface area contributed by atoms with Gasteiger partial charge in [-0.1, -0.05) is 42.2 Å². The van der Waals surface area contributed by atoms with E-state index in [2.05, 4.69) is 5.32 Å². The summed E-state index contributed by atoms with van der Waals surface area (Å²) in [5.74, 6) is -3.10. The summed E-state index contributed by atoms with van der Waals surface area (Å²) in [6.45, 7) is 0.611. The minimum absolute atomic E-state index is 0.0849. The number of para-hydroxylation sites is 2. The minimum Gasteiger partial charge on any atom is -0.871 e. The summed E-state index contributed by atoms with van der Waals surface area (Å²) in [5.41, 5.74) is 2.85. The molecule has 0 radical (unpaired) electrons. The molecule has 2 aromatic carbocycles. The molecule has 0 atom stereocenters. The lowest BCUT2D eigenvalue weighted by Crippen LogP contribution is -2.38. The third kappa shape index (κ3) is 6.53. The Morgan fingerprint density at radius 1 is 0.977 bits per heavy atom. The second kappa shape index (κ2) is 12.8. The molecule has 1 aliphatic carbocycles. The van der Waals surface area contributed by atoms with Crippen molar-refractivity contribution in [1.29, 1.82) is 0 Å². The highest BCUT2D eigenvalue weighted by molar-refractivity contribution is 7.85. The van der Waals surface area contributed by atoms with Crippen molar-refractivity contribution in [3.8, 4) is 0 Å². The fourth-order valence-corrected chi connectivity index (χ4v) is 5.88. The summed E-state index contributed by atoms with van der Waals surface area (Å²) in [6.07, 6.45) is 7.18. The molecular weight excluding hydrogens is 582 g/mol. The zero-order chi connectivity index (χ0) is 31.4. The highest BCUT2D eigenvalue weighted by atomic mass is 32.2. The first-order valence-electron chi connectivity index (χ1n) is 14.1. The predicted molar refractivity (Wildman–Crippen MR) is 164 cm³/mol. The first-order valence-corrected chi connectivity index (χ1v) is 15.7. The molecule has 3 aromatic rings. The first-order chi connectivity index (χ1) is 21.1. The van der Waals surface area contributed by atoms with Crippen LogP contribution in [0.4, 0.5) is 5.69 Å². The lowest BCUT2D eigenvalue weighted by molar-refractivity contribution is -0.673. The number of hydrogen-bond donors (Lipinski definition) is 2. The van der Waals surface area contributed by atoms with Gasteiger partial charge in [-0.15, -0.1) is 0 Å². The van der Waals surface area contributed by atoms with Crippen LogP contribution in [-0.4, -0.2) is 49.8 Å². The number of allylic oxidation sites excluding steroid dienone is 4. The lowest BCUT2D eigenvalue weighted by atomic mass is 10.0. The standard InChI is InChI=1S/C33H31N3O7S/c1-34-30(37)12-6-17-35-24(15-13-22-8-2-4-10-28(22)35)20-26-31(38)27(33(40)32(26)39)21-25-16-14-23-9-3-5-11-29(23)36(25)18-7-19-44(41,42)43/h2-5,8-11,13-16,20-21H,6-7,12,17-19H2,1H3,(H2-,34,37,38,39,40,41,42,43). The number of hydrogen-bond acceptors (Lipinski definition) is 7. The Labute approximate surface area is 255 Å². The maximum absolute atomic E-state index is 13.6. The van der Waals surface area contributed by atoms with Crippen molar-refractivity contribution in [3.05, 3.63) is 107 Å². The van der Waals surface area contributed by atoms with Crippen LogP contribution in [0.5, 0.6) is 0 Å². The summed E-state index contributed by atoms with van der Waals surface area (Å²) in [4.78, 5) is 39.9. The Hall–Kier alpha value is -4.87. The second-order valence-corrected chi connectivity index (χ2v) is 12.0. The number of fused-ring (bicyclic) bond motifs is 2. The summed E-state index contributed by atoms with van der Waals surface area (Å²) >= 11 is 0. The number of aromatic nitrogens is 1. The third-order valence-corrected chi connectivity index (χ3v) is 8.37. The first kappa shape index (κ1) is 30.6. The number of carbonyl (C=O) groups is 3. The molecule has 0 saturated heterocycles. The number of aryl methyl sites for hydroxylation is 1. The molecular formula is C33H31N3O7S. The molecule has 10 nitrogen and oxygen atoms in total. The van der Waals surface area contributed by atoms with Gasteiger partial charge in [-0.3, -0.25) is 18.9 Å². The number of amides is 1. The molecule has 226 valence electrons. The number of benzene rings is 2. The van der Waals surface area contributed by atoms with Crippen molar-refractivity contribution in [2.45, 2.75) is 25.8 Å². The van der Waals surface area contributed by atoms with Gasteiger partial charge < -0.3 is 15.3 Å². The fraction of sp³-hybridized carbons (Fsp3) is 0.212. The zero-order valence-electron chi connectivity index (χ0n) is 24.0. The van der Waals surface area contributed by atoms with Crippen molar-refractivity contribution in [1.82, 2.24) is 5.32 Å². The molecule has 0 spiro atoms. The molecule has 0 bridgehead atoms. The van der Waals surface area contributed by atoms with Crippen LogP contribution < -0.4 is 19.9 Å². The Balaban J connectivity index is 1.54. The van der Waals surface area contributed by atoms with Gasteiger partial charge in [0.1, 0.15) is 6.54 Å². The summed E-state index contributed by atoms with van der Waals surface area (Å²) < 4.78 is 33.8. The van der Waals surface area contributed by atoms with Crippen LogP contribution in [0.2, 0.25) is 0 Å². The SMILES string of the molecule is CNC(=O)CCC[n+]1c(/C=C2\C(=O)C(=O)C(/C=C3\C=Cc4ccccc4N3CCCS(=O)(=O)O)=C2[O-])ccc2ccccc21. The van der Waals surface area contributed by atoms with Crippen molar-refractivity contribution in [2.75, 3.05) is 24.2 Å². The molecule has 2 heterocycles. The van der Waals surface area contributed by atoms with Gasteiger partial charge in [-0.25, -0.2) is 0 Å². The van der Waals surface area contributed by atoms with Crippen LogP contribution in [0, 0.1) is 0 Å². The number of carbonyl (C=O) groups excluding carboxylic acids is 3. The van der Waals surface area contributed by atoms with Crippen LogP contribution >= 0.6 is 0 Å². The van der Waals surface area contributed by atoms with Crippen LogP contribution in [0.3, 0.4) is 0 Å². The van der Waals surface area contributed by atoms with Gasteiger partial charge in [-0.05, 0) is 42.3 Å². The molecule has 1 aliphatic heterocycles. The largest absolute Gasteiger partial charge is 0.871 e. The van der Waals surface area contributed by atoms with E-state index in [-0.39, 0.29) is 30.0 Å². The van der Waals surface area contributed by atoms with Gasteiger partial charge in [-0.2, -0.15) is 13.0 Å². The maximum Gasteiger partial charge on any atom is 0.264 e. The Morgan fingerprint density at radius 3 is 2.50 bits per heavy atom. The number of rotatable bonds is 10. The number of anilines is 1. The molecule has 0 fully saturated rings. The molecule has 1 amide bonds. The third-order valence-electron chi connectivity index (χ3n) is 7.56. The van der Waals surface area contributed by atoms with Crippen molar-refractivity contribution < 1.29 is 37.0 Å². The van der Waals surface area contributed by atoms with E-state index < -0.39 is 33.2 Å². The normalized spacial score (nSPS) is 16.8. The van der Waals surface area contributed by atoms with Crippen molar-refractivity contribution in [3.63, 3.8) is 0 Å². The molecule has 0 unspecified atom stereocenters. The van der Waals surface area contributed by atoms with Crippen molar-refractivity contribution >= 4 is 56.3 Å². The van der Waals surface area contributed by atoms with Gasteiger partial charge in [0.05, 0.1) is 5.75 Å². The number of nitrogens with zero attached hydrogens (tertiary/aromatic N) is 2. The highest BCUT2D eigenvalue weighted by Crippen LogP contribution is 2.33. The van der Waals surface area contributed by atoms with Crippen LogP contribution in [0.25, 0.3) is 23.1 Å². The summed E-state index contributed by atoms with van der Waals surface area (Å²) in [6, 6.07) is 18.6. The topological polar surface area (TPSA) is 148 Å². The zero-order valence-corrected chi connectivity index (χ0v) is 24.8. The number of Topliss-reactive ketones (excluding diaryl/α,β-unsaturated/α-hetero) is 2. The fourth-order valence-electron chi connectivity index (χ4n) is 5.39. The van der Waals surface area contributed by atoms with Crippen molar-refractivity contribution in [2.24, 2.45) is 0 Å². The van der Waals surface area contributed by atoms with Gasteiger partial charge in [0.15, 0.2) is 0 Å². The van der Waals surface area contributed by atoms with E-state index in [4.69, 9.17) is 0 Å². The molecule has 2 aliphatic rings. The van der Waals surface area contributed by atoms with E-state index >= 15 is 0 Å². The number of nitrogens with one attached hydrogen (secondary N) is 1. The second-order valence-electron chi connectivity index (χ2n) is 10.5. The average molecular weight is 614 g/mol. The average Bonchev–Trinajstić information content (AvgIpc) is 3.20. The van der Waals surface area contributed by atoms with Gasteiger partial charge in [0.2, 0.25) is 28.7 Å². The smallest absolute Gasteiger partial charge is 0.264 e. The molecule has 2 N–H and O–H groups in total. The summed E-state index contributed by atoms with van der Waals surface area (Å²) in [5, 5.41) is 17.1. The number of pyridine rings is 1. The summed E-state index contributed by atoms with van der Waals surface area (Å²) in [7, 11) is -2.61. The van der Waals surface area contributed by atoms with Gasteiger partial charge in [0, 0.05) is 72.6 Å². The maximum atomic E-state index is 13.6. The quantitative estimate of drug-likeness (QED) is 0.153. The van der Waals surface area contributed by atoms with E-state index in [0.717, 1.165) is 22.2 Å². The Bertz CT molecular complexity index is 1910. The molecule has 5 rings (SSSR count). The Morgan fingerprint density at radius 2 is 1.73 bits per heavy atom. The van der Waals surface area contributed by atoms with E-state index in [9.17, 15) is 32.5 Å².